The van der Waals surface area contributed by atoms with Gasteiger partial charge in [-0.2, -0.15) is 4.99 Å². The van der Waals surface area contributed by atoms with Gasteiger partial charge >= 0.3 is 0 Å². The zero-order chi connectivity index (χ0) is 21.1. The molecule has 2 aromatic carbocycles. The van der Waals surface area contributed by atoms with E-state index in [0.717, 1.165) is 11.1 Å². The van der Waals surface area contributed by atoms with E-state index < -0.39 is 9.84 Å². The summed E-state index contributed by atoms with van der Waals surface area (Å²) in [6, 6.07) is 15.9. The third kappa shape index (κ3) is 5.10. The first-order valence-corrected chi connectivity index (χ1v) is 12.6. The number of sulfone groups is 1. The highest BCUT2D eigenvalue weighted by molar-refractivity contribution is 8.15. The van der Waals surface area contributed by atoms with E-state index in [1.54, 1.807) is 12.1 Å². The van der Waals surface area contributed by atoms with Gasteiger partial charge in [0.15, 0.2) is 15.0 Å². The summed E-state index contributed by atoms with van der Waals surface area (Å²) >= 11 is 1.40. The van der Waals surface area contributed by atoms with Crippen molar-refractivity contribution in [3.8, 4) is 0 Å². The fourth-order valence-electron chi connectivity index (χ4n) is 3.86. The van der Waals surface area contributed by atoms with E-state index in [2.05, 4.69) is 4.99 Å². The summed E-state index contributed by atoms with van der Waals surface area (Å²) in [5.74, 6) is -0.280. The fraction of sp³-hybridized carbons (Fsp3) is 0.364. The Labute approximate surface area is 180 Å². The standard InChI is InChI=1S/C22H23FN2O3S2/c23-18-9-6-17(7-10-18)12-13-25-19-14-30(27,28)15-20(19)29-22(25)24-21(26)11-8-16-4-2-1-3-5-16/h1-7,9-10,19-20H,8,11-15H2. The van der Waals surface area contributed by atoms with Crippen molar-refractivity contribution in [1.29, 1.82) is 0 Å². The summed E-state index contributed by atoms with van der Waals surface area (Å²) < 4.78 is 37.4. The third-order valence-corrected chi connectivity index (χ3v) is 8.67. The van der Waals surface area contributed by atoms with Gasteiger partial charge in [-0.05, 0) is 36.1 Å². The van der Waals surface area contributed by atoms with Gasteiger partial charge in [-0.25, -0.2) is 12.8 Å². The van der Waals surface area contributed by atoms with Crippen LogP contribution >= 0.6 is 11.8 Å². The molecule has 0 bridgehead atoms. The second-order valence-corrected chi connectivity index (χ2v) is 11.0. The van der Waals surface area contributed by atoms with Gasteiger partial charge in [0.05, 0.1) is 17.5 Å². The highest BCUT2D eigenvalue weighted by atomic mass is 32.2. The van der Waals surface area contributed by atoms with Gasteiger partial charge in [-0.3, -0.25) is 4.79 Å². The molecule has 2 fully saturated rings. The minimum atomic E-state index is -3.08. The van der Waals surface area contributed by atoms with Gasteiger partial charge in [0, 0.05) is 18.2 Å². The Balaban J connectivity index is 1.46. The normalized spacial score (nSPS) is 23.6. The van der Waals surface area contributed by atoms with Crippen LogP contribution in [0.3, 0.4) is 0 Å². The highest BCUT2D eigenvalue weighted by Crippen LogP contribution is 2.38. The van der Waals surface area contributed by atoms with Gasteiger partial charge in [-0.1, -0.05) is 54.2 Å². The van der Waals surface area contributed by atoms with E-state index in [1.807, 2.05) is 35.2 Å². The molecule has 0 N–H and O–H groups in total. The van der Waals surface area contributed by atoms with E-state index in [-0.39, 0.29) is 34.5 Å². The molecule has 2 aliphatic heterocycles. The molecular formula is C22H23FN2O3S2. The quantitative estimate of drug-likeness (QED) is 0.682. The molecule has 2 saturated heterocycles. The van der Waals surface area contributed by atoms with Crippen LogP contribution in [0.4, 0.5) is 4.39 Å². The molecule has 2 aromatic rings. The molecule has 8 heteroatoms. The summed E-state index contributed by atoms with van der Waals surface area (Å²) in [5, 5.41) is 0.518. The maximum Gasteiger partial charge on any atom is 0.248 e. The van der Waals surface area contributed by atoms with Gasteiger partial charge in [0.1, 0.15) is 5.82 Å². The average Bonchev–Trinajstić information content (AvgIpc) is 3.18. The summed E-state index contributed by atoms with van der Waals surface area (Å²) in [6.07, 6.45) is 1.56. The molecule has 2 unspecified atom stereocenters. The first-order valence-electron chi connectivity index (χ1n) is 9.93. The van der Waals surface area contributed by atoms with Gasteiger partial charge in [0.25, 0.3) is 0 Å². The molecule has 5 nitrogen and oxygen atoms in total. The monoisotopic (exact) mass is 446 g/mol. The van der Waals surface area contributed by atoms with Crippen molar-refractivity contribution in [2.24, 2.45) is 4.99 Å². The smallest absolute Gasteiger partial charge is 0.248 e. The molecule has 4 rings (SSSR count). The van der Waals surface area contributed by atoms with Crippen LogP contribution < -0.4 is 0 Å². The second kappa shape index (κ2) is 8.89. The van der Waals surface area contributed by atoms with Crippen LogP contribution in [0.2, 0.25) is 0 Å². The van der Waals surface area contributed by atoms with Crippen LogP contribution in [0, 0.1) is 5.82 Å². The largest absolute Gasteiger partial charge is 0.346 e. The Morgan fingerprint density at radius 2 is 1.73 bits per heavy atom. The highest BCUT2D eigenvalue weighted by Gasteiger charge is 2.48. The minimum absolute atomic E-state index is 0.0886. The third-order valence-electron chi connectivity index (χ3n) is 5.42. The lowest BCUT2D eigenvalue weighted by atomic mass is 10.1. The van der Waals surface area contributed by atoms with Gasteiger partial charge in [-0.15, -0.1) is 0 Å². The van der Waals surface area contributed by atoms with Crippen LogP contribution in [-0.2, 0) is 27.5 Å². The molecule has 0 radical (unpaired) electrons. The van der Waals surface area contributed by atoms with Crippen molar-refractivity contribution >= 4 is 32.7 Å². The lowest BCUT2D eigenvalue weighted by Gasteiger charge is -2.24. The van der Waals surface area contributed by atoms with Crippen molar-refractivity contribution in [3.63, 3.8) is 0 Å². The first kappa shape index (κ1) is 21.1. The van der Waals surface area contributed by atoms with Crippen LogP contribution in [0.25, 0.3) is 0 Å². The van der Waals surface area contributed by atoms with E-state index in [1.165, 1.54) is 23.9 Å². The number of hydrogen-bond donors (Lipinski definition) is 0. The minimum Gasteiger partial charge on any atom is -0.346 e. The Kier molecular flexibility index (Phi) is 6.24. The van der Waals surface area contributed by atoms with E-state index >= 15 is 0 Å². The van der Waals surface area contributed by atoms with Crippen LogP contribution in [0.5, 0.6) is 0 Å². The number of thioether (sulfide) groups is 1. The number of aryl methyl sites for hydroxylation is 1. The topological polar surface area (TPSA) is 66.8 Å². The number of benzene rings is 2. The molecule has 2 heterocycles. The lowest BCUT2D eigenvalue weighted by Crippen LogP contribution is -2.39. The zero-order valence-electron chi connectivity index (χ0n) is 16.4. The number of amidine groups is 1. The van der Waals surface area contributed by atoms with E-state index in [0.29, 0.717) is 31.0 Å². The lowest BCUT2D eigenvalue weighted by molar-refractivity contribution is -0.117. The van der Waals surface area contributed by atoms with Gasteiger partial charge < -0.3 is 4.90 Å². The predicted molar refractivity (Wildman–Crippen MR) is 118 cm³/mol. The summed E-state index contributed by atoms with van der Waals surface area (Å²) in [6.45, 7) is 0.542. The summed E-state index contributed by atoms with van der Waals surface area (Å²) in [4.78, 5) is 18.8. The number of nitrogens with zero attached hydrogens (tertiary/aromatic N) is 2. The molecule has 0 aromatic heterocycles. The van der Waals surface area contributed by atoms with Crippen molar-refractivity contribution < 1.29 is 17.6 Å². The van der Waals surface area contributed by atoms with Crippen LogP contribution in [-0.4, -0.2) is 53.7 Å². The number of hydrogen-bond acceptors (Lipinski definition) is 4. The fourth-order valence-corrected chi connectivity index (χ4v) is 7.85. The second-order valence-electron chi connectivity index (χ2n) is 7.64. The van der Waals surface area contributed by atoms with Crippen molar-refractivity contribution in [1.82, 2.24) is 4.90 Å². The van der Waals surface area contributed by atoms with Crippen LogP contribution in [0.1, 0.15) is 17.5 Å². The molecule has 1 amide bonds. The number of carbonyl (C=O) groups is 1. The molecular weight excluding hydrogens is 423 g/mol. The molecule has 2 aliphatic rings. The molecule has 0 spiro atoms. The van der Waals surface area contributed by atoms with Crippen molar-refractivity contribution in [2.45, 2.75) is 30.6 Å². The number of halogens is 1. The Morgan fingerprint density at radius 3 is 2.47 bits per heavy atom. The number of rotatable bonds is 6. The summed E-state index contributed by atoms with van der Waals surface area (Å²) in [5.41, 5.74) is 2.04. The predicted octanol–water partition coefficient (Wildman–Crippen LogP) is 3.10. The maximum atomic E-state index is 13.2. The Hall–Kier alpha value is -2.19. The molecule has 30 heavy (non-hydrogen) atoms. The maximum absolute atomic E-state index is 13.2. The first-order chi connectivity index (χ1) is 14.4. The van der Waals surface area contributed by atoms with Crippen molar-refractivity contribution in [3.05, 3.63) is 71.5 Å². The number of aliphatic imine (C=N–C) groups is 1. The average molecular weight is 447 g/mol. The molecule has 2 atom stereocenters. The molecule has 0 aliphatic carbocycles. The SMILES string of the molecule is O=C(CCc1ccccc1)N=C1SC2CS(=O)(=O)CC2N1CCc1ccc(F)cc1. The Bertz CT molecular complexity index is 1040. The van der Waals surface area contributed by atoms with Crippen molar-refractivity contribution in [2.75, 3.05) is 18.1 Å². The number of amides is 1. The zero-order valence-corrected chi connectivity index (χ0v) is 18.0. The Morgan fingerprint density at radius 1 is 1.03 bits per heavy atom. The van der Waals surface area contributed by atoms with E-state index in [4.69, 9.17) is 0 Å². The van der Waals surface area contributed by atoms with E-state index in [9.17, 15) is 17.6 Å². The summed E-state index contributed by atoms with van der Waals surface area (Å²) in [7, 11) is -3.08. The molecule has 0 saturated carbocycles. The number of fused-ring (bicyclic) bond motifs is 1. The molecule has 158 valence electrons. The number of carbonyl (C=O) groups excluding carboxylic acids is 1. The van der Waals surface area contributed by atoms with Gasteiger partial charge in [0.2, 0.25) is 5.91 Å². The van der Waals surface area contributed by atoms with Crippen LogP contribution in [0.15, 0.2) is 59.6 Å².